The van der Waals surface area contributed by atoms with Crippen LogP contribution < -0.4 is 10.4 Å². The first-order chi connectivity index (χ1) is 18.6. The highest BCUT2D eigenvalue weighted by atomic mass is 19.4. The van der Waals surface area contributed by atoms with E-state index in [0.717, 1.165) is 6.07 Å². The summed E-state index contributed by atoms with van der Waals surface area (Å²) in [6.45, 7) is 13.8. The number of alkyl halides is 6. The van der Waals surface area contributed by atoms with Gasteiger partial charge in [-0.05, 0) is 28.5 Å². The Morgan fingerprint density at radius 1 is 0.725 bits per heavy atom. The molecule has 3 aromatic carbocycles. The van der Waals surface area contributed by atoms with Crippen molar-refractivity contribution in [1.82, 2.24) is 0 Å². The van der Waals surface area contributed by atoms with E-state index in [1.165, 1.54) is 12.1 Å². The zero-order valence-electron chi connectivity index (χ0n) is 19.0. The van der Waals surface area contributed by atoms with Crippen molar-refractivity contribution in [2.45, 2.75) is 12.4 Å². The van der Waals surface area contributed by atoms with Crippen LogP contribution in [0.1, 0.15) is 16.7 Å². The molecule has 4 nitrogen and oxygen atoms in total. The third-order valence-electron chi connectivity index (χ3n) is 5.44. The molecule has 0 saturated carbocycles. The third-order valence-corrected chi connectivity index (χ3v) is 5.44. The summed E-state index contributed by atoms with van der Waals surface area (Å²) in [5.74, 6) is -8.92. The van der Waals surface area contributed by atoms with Crippen LogP contribution in [0.3, 0.4) is 0 Å². The van der Waals surface area contributed by atoms with Crippen molar-refractivity contribution in [2.24, 2.45) is 0 Å². The molecule has 0 aliphatic carbocycles. The Morgan fingerprint density at radius 3 is 1.77 bits per heavy atom. The number of nitrogens with zero attached hydrogens (tertiary/aromatic N) is 4. The molecule has 40 heavy (non-hydrogen) atoms. The molecule has 200 valence electrons. The van der Waals surface area contributed by atoms with E-state index in [9.17, 15) is 49.2 Å². The molecule has 3 aromatic rings. The van der Waals surface area contributed by atoms with E-state index < -0.39 is 90.8 Å². The Balaban J connectivity index is 2.70. The van der Waals surface area contributed by atoms with Crippen LogP contribution in [0.5, 0.6) is 0 Å². The van der Waals surface area contributed by atoms with Gasteiger partial charge in [-0.2, -0.15) is 31.6 Å². The summed E-state index contributed by atoms with van der Waals surface area (Å²) < 4.78 is 140. The summed E-state index contributed by atoms with van der Waals surface area (Å²) in [5.41, 5.74) is -11.1. The number of benzene rings is 3. The number of hydrogen-bond acceptors (Lipinski definition) is 2. The van der Waals surface area contributed by atoms with E-state index >= 15 is 0 Å². The molecule has 0 N–H and O–H groups in total. The molecule has 0 radical (unpaired) electrons. The van der Waals surface area contributed by atoms with Crippen LogP contribution in [-0.2, 0) is 12.4 Å². The number of nitriles is 2. The first-order valence-corrected chi connectivity index (χ1v) is 10.2. The molecule has 0 spiro atoms. The second-order valence-corrected chi connectivity index (χ2v) is 7.67. The maximum Gasteiger partial charge on any atom is 0.417 e. The van der Waals surface area contributed by atoms with Gasteiger partial charge in [-0.3, -0.25) is 0 Å². The molecule has 0 aliphatic rings. The Hall–Kier alpha value is -5.34. The highest BCUT2D eigenvalue weighted by Crippen LogP contribution is 2.40. The van der Waals surface area contributed by atoms with Gasteiger partial charge in [-0.1, -0.05) is 24.3 Å². The number of halogens is 10. The summed E-state index contributed by atoms with van der Waals surface area (Å²) in [5, 5.41) is 17.6. The maximum absolute atomic E-state index is 14.8. The van der Waals surface area contributed by atoms with Crippen molar-refractivity contribution in [2.75, 3.05) is 0 Å². The van der Waals surface area contributed by atoms with Gasteiger partial charge in [-0.15, -0.1) is 0 Å². The molecule has 0 heterocycles. The largest absolute Gasteiger partial charge is 0.417 e. The second-order valence-electron chi connectivity index (χ2n) is 7.67. The Morgan fingerprint density at radius 2 is 1.32 bits per heavy atom. The van der Waals surface area contributed by atoms with Gasteiger partial charge in [0.25, 0.3) is 11.4 Å². The van der Waals surface area contributed by atoms with Crippen LogP contribution in [0, 0.1) is 59.1 Å². The lowest BCUT2D eigenvalue weighted by Gasteiger charge is -2.17. The Bertz CT molecular complexity index is 1810. The van der Waals surface area contributed by atoms with Crippen LogP contribution in [0.25, 0.3) is 32.1 Å². The van der Waals surface area contributed by atoms with Gasteiger partial charge < -0.3 is 0 Å². The van der Waals surface area contributed by atoms with E-state index in [2.05, 4.69) is 9.69 Å². The van der Waals surface area contributed by atoms with Crippen LogP contribution in [0.4, 0.5) is 49.6 Å². The van der Waals surface area contributed by atoms with Gasteiger partial charge in [0.1, 0.15) is 6.07 Å². The zero-order chi connectivity index (χ0) is 30.2. The monoisotopic (exact) mass is 564 g/mol. The molecule has 0 aromatic heterocycles. The predicted molar refractivity (Wildman–Crippen MR) is 117 cm³/mol. The lowest BCUT2D eigenvalue weighted by atomic mass is 9.91. The van der Waals surface area contributed by atoms with Gasteiger partial charge in [0, 0.05) is 5.22 Å². The van der Waals surface area contributed by atoms with Crippen molar-refractivity contribution < 1.29 is 43.9 Å². The summed E-state index contributed by atoms with van der Waals surface area (Å²) >= 11 is 0. The predicted octanol–water partition coefficient (Wildman–Crippen LogP) is 6.77. The fourth-order valence-corrected chi connectivity index (χ4v) is 3.67. The quantitative estimate of drug-likeness (QED) is 0.196. The van der Waals surface area contributed by atoms with Crippen LogP contribution >= 0.6 is 0 Å². The Labute approximate surface area is 217 Å². The lowest BCUT2D eigenvalue weighted by molar-refractivity contribution is -0.142. The molecule has 0 saturated heterocycles. The lowest BCUT2D eigenvalue weighted by Crippen LogP contribution is -2.20. The smallest absolute Gasteiger partial charge is 0.232 e. The SMILES string of the molecule is [C-]#[N+]/C(C#N)=c1\cc/c(=C(/C#N)c2c(F)c(F)c([N+]#[C-])c(F)c2F)c(-c2ccc(C(F)(F)F)cc2C(F)(F)F)c1. The average Bonchev–Trinajstić information content (AvgIpc) is 2.90. The standard InChI is InChI=1S/C26H6F10N4/c1-39-18(10-38)11-3-5-13(16(9-37)19-20(27)22(29)24(40-2)23(30)21(19)28)15(7-11)14-6-4-12(25(31,32)33)8-17(14)26(34,35)36/h3-8H/b16-13+,18-11+. The highest BCUT2D eigenvalue weighted by Gasteiger charge is 2.39. The van der Waals surface area contributed by atoms with Gasteiger partial charge in [-0.25, -0.2) is 32.5 Å². The van der Waals surface area contributed by atoms with Crippen molar-refractivity contribution in [3.63, 3.8) is 0 Å². The minimum Gasteiger partial charge on any atom is -0.232 e. The van der Waals surface area contributed by atoms with Crippen LogP contribution in [0.2, 0.25) is 0 Å². The van der Waals surface area contributed by atoms with Gasteiger partial charge in [0.15, 0.2) is 23.3 Å². The molecular weight excluding hydrogens is 558 g/mol. The van der Waals surface area contributed by atoms with Crippen LogP contribution in [0.15, 0.2) is 36.4 Å². The summed E-state index contributed by atoms with van der Waals surface area (Å²) in [6, 6.07) is 5.18. The molecule has 0 fully saturated rings. The number of hydrogen-bond donors (Lipinski definition) is 0. The van der Waals surface area contributed by atoms with E-state index in [-0.39, 0.29) is 12.1 Å². The summed E-state index contributed by atoms with van der Waals surface area (Å²) in [4.78, 5) is 5.19. The van der Waals surface area contributed by atoms with Crippen molar-refractivity contribution in [3.8, 4) is 23.3 Å². The number of rotatable bonds is 2. The topological polar surface area (TPSA) is 56.3 Å². The van der Waals surface area contributed by atoms with Gasteiger partial charge in [0.05, 0.1) is 41.5 Å². The fraction of sp³-hybridized carbons (Fsp3) is 0.0769. The first-order valence-electron chi connectivity index (χ1n) is 10.2. The summed E-state index contributed by atoms with van der Waals surface area (Å²) in [6.07, 6.45) is -10.7. The van der Waals surface area contributed by atoms with Crippen LogP contribution in [-0.4, -0.2) is 0 Å². The molecule has 0 aliphatic heterocycles. The maximum atomic E-state index is 14.8. The molecular formula is C26H6F10N4. The summed E-state index contributed by atoms with van der Waals surface area (Å²) in [7, 11) is 0. The van der Waals surface area contributed by atoms with Crippen molar-refractivity contribution in [3.05, 3.63) is 110 Å². The Kier molecular flexibility index (Phi) is 7.62. The minimum absolute atomic E-state index is 0.238. The highest BCUT2D eigenvalue weighted by molar-refractivity contribution is 5.84. The molecule has 14 heteroatoms. The molecule has 0 bridgehead atoms. The first kappa shape index (κ1) is 29.2. The molecule has 3 rings (SSSR count). The van der Waals surface area contributed by atoms with Gasteiger partial charge >= 0.3 is 12.4 Å². The average molecular weight is 564 g/mol. The van der Waals surface area contributed by atoms with E-state index in [4.69, 9.17) is 18.4 Å². The molecule has 0 atom stereocenters. The molecule has 0 amide bonds. The van der Waals surface area contributed by atoms with Crippen molar-refractivity contribution in [1.29, 1.82) is 10.5 Å². The third kappa shape index (κ3) is 5.03. The van der Waals surface area contributed by atoms with E-state index in [0.29, 0.717) is 18.2 Å². The molecule has 0 unspecified atom stereocenters. The zero-order valence-corrected chi connectivity index (χ0v) is 19.0. The second kappa shape index (κ2) is 10.4. The normalized spacial score (nSPS) is 12.9. The minimum atomic E-state index is -5.48. The van der Waals surface area contributed by atoms with E-state index in [1.807, 2.05) is 0 Å². The fourth-order valence-electron chi connectivity index (χ4n) is 3.67. The van der Waals surface area contributed by atoms with E-state index in [1.54, 1.807) is 0 Å². The van der Waals surface area contributed by atoms with Crippen molar-refractivity contribution >= 4 is 17.0 Å². The van der Waals surface area contributed by atoms with Gasteiger partial charge in [0.2, 0.25) is 0 Å².